The Morgan fingerprint density at radius 1 is 1.77 bits per heavy atom. The van der Waals surface area contributed by atoms with E-state index in [1.54, 1.807) is 17.1 Å². The molecule has 0 aromatic carbocycles. The molecule has 4 nitrogen and oxygen atoms in total. The molecule has 1 amide bonds. The van der Waals surface area contributed by atoms with Crippen molar-refractivity contribution >= 4 is 5.91 Å². The van der Waals surface area contributed by atoms with Crippen LogP contribution in [0.15, 0.2) is 25.2 Å². The zero-order chi connectivity index (χ0) is 9.84. The molecule has 0 spiro atoms. The third-order valence-electron chi connectivity index (χ3n) is 1.63. The van der Waals surface area contributed by atoms with Crippen LogP contribution in [0.3, 0.4) is 0 Å². The zero-order valence-electron chi connectivity index (χ0n) is 7.82. The van der Waals surface area contributed by atoms with Gasteiger partial charge in [0.05, 0.1) is 11.8 Å². The van der Waals surface area contributed by atoms with Gasteiger partial charge in [0.15, 0.2) is 0 Å². The average molecular weight is 179 g/mol. The summed E-state index contributed by atoms with van der Waals surface area (Å²) in [6.07, 6.45) is 4.61. The van der Waals surface area contributed by atoms with Gasteiger partial charge in [0.1, 0.15) is 0 Å². The van der Waals surface area contributed by atoms with Crippen molar-refractivity contribution in [3.8, 4) is 0 Å². The van der Waals surface area contributed by atoms with Gasteiger partial charge in [0.2, 0.25) is 0 Å². The SMILES string of the molecule is C=CNC(=O)c1cnn(C(C)C)c1. The van der Waals surface area contributed by atoms with Crippen molar-refractivity contribution in [3.63, 3.8) is 0 Å². The number of rotatable bonds is 3. The third kappa shape index (κ3) is 2.18. The quantitative estimate of drug-likeness (QED) is 0.761. The summed E-state index contributed by atoms with van der Waals surface area (Å²) in [6, 6.07) is 0.269. The molecule has 13 heavy (non-hydrogen) atoms. The van der Waals surface area contributed by atoms with Crippen molar-refractivity contribution in [2.75, 3.05) is 0 Å². The van der Waals surface area contributed by atoms with Gasteiger partial charge in [-0.1, -0.05) is 6.58 Å². The predicted molar refractivity (Wildman–Crippen MR) is 50.3 cm³/mol. The molecule has 4 heteroatoms. The second-order valence-corrected chi connectivity index (χ2v) is 2.98. The summed E-state index contributed by atoms with van der Waals surface area (Å²) in [5.74, 6) is -0.179. The summed E-state index contributed by atoms with van der Waals surface area (Å²) in [5, 5.41) is 6.53. The fourth-order valence-corrected chi connectivity index (χ4v) is 0.914. The van der Waals surface area contributed by atoms with E-state index in [4.69, 9.17) is 0 Å². The highest BCUT2D eigenvalue weighted by molar-refractivity contribution is 5.94. The molecule has 1 heterocycles. The molecular weight excluding hydrogens is 166 g/mol. The van der Waals surface area contributed by atoms with Crippen molar-refractivity contribution in [1.82, 2.24) is 15.1 Å². The molecule has 0 aliphatic heterocycles. The molecule has 1 N–H and O–H groups in total. The molecule has 1 aromatic heterocycles. The standard InChI is InChI=1S/C9H13N3O/c1-4-10-9(13)8-5-11-12(6-8)7(2)3/h4-7H,1H2,2-3H3,(H,10,13). The number of carbonyl (C=O) groups excluding carboxylic acids is 1. The molecule has 0 atom stereocenters. The lowest BCUT2D eigenvalue weighted by atomic mass is 10.3. The van der Waals surface area contributed by atoms with Crippen LogP contribution in [0.2, 0.25) is 0 Å². The van der Waals surface area contributed by atoms with Crippen LogP contribution in [0, 0.1) is 0 Å². The fourth-order valence-electron chi connectivity index (χ4n) is 0.914. The molecule has 0 bridgehead atoms. The first-order valence-corrected chi connectivity index (χ1v) is 4.11. The predicted octanol–water partition coefficient (Wildman–Crippen LogP) is 1.34. The van der Waals surface area contributed by atoms with Crippen LogP contribution in [-0.4, -0.2) is 15.7 Å². The number of carbonyl (C=O) groups is 1. The summed E-state index contributed by atoms with van der Waals surface area (Å²) in [5.41, 5.74) is 0.550. The van der Waals surface area contributed by atoms with Crippen LogP contribution in [0.5, 0.6) is 0 Å². The molecule has 1 aromatic rings. The second kappa shape index (κ2) is 3.89. The molecule has 1 rings (SSSR count). The van der Waals surface area contributed by atoms with Gasteiger partial charge >= 0.3 is 0 Å². The Kier molecular flexibility index (Phi) is 2.84. The maximum Gasteiger partial charge on any atom is 0.258 e. The van der Waals surface area contributed by atoms with Crippen molar-refractivity contribution in [3.05, 3.63) is 30.7 Å². The Bertz CT molecular complexity index is 314. The Labute approximate surface area is 77.3 Å². The smallest absolute Gasteiger partial charge is 0.258 e. The molecule has 0 saturated carbocycles. The van der Waals surface area contributed by atoms with Gasteiger partial charge in [0, 0.05) is 12.2 Å². The molecule has 0 aliphatic rings. The summed E-state index contributed by atoms with van der Waals surface area (Å²) in [7, 11) is 0. The van der Waals surface area contributed by atoms with Gasteiger partial charge < -0.3 is 5.32 Å². The molecule has 0 fully saturated rings. The first-order chi connectivity index (χ1) is 6.15. The van der Waals surface area contributed by atoms with E-state index in [1.165, 1.54) is 6.20 Å². The maximum absolute atomic E-state index is 11.2. The third-order valence-corrected chi connectivity index (χ3v) is 1.63. The van der Waals surface area contributed by atoms with Crippen molar-refractivity contribution in [2.45, 2.75) is 19.9 Å². The fraction of sp³-hybridized carbons (Fsp3) is 0.333. The van der Waals surface area contributed by atoms with Crippen molar-refractivity contribution in [2.24, 2.45) is 0 Å². The molecular formula is C9H13N3O. The summed E-state index contributed by atoms with van der Waals surface area (Å²) in [6.45, 7) is 7.41. The van der Waals surface area contributed by atoms with E-state index >= 15 is 0 Å². The van der Waals surface area contributed by atoms with Gasteiger partial charge in [0.25, 0.3) is 5.91 Å². The average Bonchev–Trinajstić information content (AvgIpc) is 2.52. The van der Waals surface area contributed by atoms with Crippen LogP contribution in [0.4, 0.5) is 0 Å². The van der Waals surface area contributed by atoms with E-state index in [1.807, 2.05) is 13.8 Å². The highest BCUT2D eigenvalue weighted by atomic mass is 16.1. The van der Waals surface area contributed by atoms with E-state index in [-0.39, 0.29) is 11.9 Å². The molecule has 70 valence electrons. The molecule has 0 unspecified atom stereocenters. The van der Waals surface area contributed by atoms with E-state index in [0.29, 0.717) is 5.56 Å². The van der Waals surface area contributed by atoms with Gasteiger partial charge in [-0.2, -0.15) is 5.10 Å². The number of nitrogens with zero attached hydrogens (tertiary/aromatic N) is 2. The Morgan fingerprint density at radius 3 is 2.92 bits per heavy atom. The normalized spacial score (nSPS) is 10.1. The van der Waals surface area contributed by atoms with Gasteiger partial charge in [-0.25, -0.2) is 0 Å². The monoisotopic (exact) mass is 179 g/mol. The topological polar surface area (TPSA) is 46.9 Å². The zero-order valence-corrected chi connectivity index (χ0v) is 7.82. The van der Waals surface area contributed by atoms with Crippen LogP contribution in [0.25, 0.3) is 0 Å². The van der Waals surface area contributed by atoms with E-state index in [2.05, 4.69) is 17.0 Å². The Hall–Kier alpha value is -1.58. The minimum absolute atomic E-state index is 0.179. The molecule has 0 saturated heterocycles. The second-order valence-electron chi connectivity index (χ2n) is 2.98. The lowest BCUT2D eigenvalue weighted by Gasteiger charge is -2.02. The van der Waals surface area contributed by atoms with Crippen LogP contribution in [-0.2, 0) is 0 Å². The number of nitrogens with one attached hydrogen (secondary N) is 1. The van der Waals surface area contributed by atoms with E-state index in [0.717, 1.165) is 0 Å². The number of aromatic nitrogens is 2. The summed E-state index contributed by atoms with van der Waals surface area (Å²) >= 11 is 0. The lowest BCUT2D eigenvalue weighted by Crippen LogP contribution is -2.15. The van der Waals surface area contributed by atoms with Gasteiger partial charge in [-0.15, -0.1) is 0 Å². The van der Waals surface area contributed by atoms with E-state index < -0.39 is 0 Å². The lowest BCUT2D eigenvalue weighted by molar-refractivity contribution is 0.0970. The van der Waals surface area contributed by atoms with E-state index in [9.17, 15) is 4.79 Å². The maximum atomic E-state index is 11.2. The Balaban J connectivity index is 2.79. The van der Waals surface area contributed by atoms with Crippen LogP contribution < -0.4 is 5.32 Å². The minimum Gasteiger partial charge on any atom is -0.329 e. The number of hydrogen-bond acceptors (Lipinski definition) is 2. The highest BCUT2D eigenvalue weighted by Crippen LogP contribution is 2.04. The summed E-state index contributed by atoms with van der Waals surface area (Å²) < 4.78 is 1.73. The number of amides is 1. The Morgan fingerprint density at radius 2 is 2.46 bits per heavy atom. The van der Waals surface area contributed by atoms with Crippen LogP contribution in [0.1, 0.15) is 30.2 Å². The molecule has 0 radical (unpaired) electrons. The first kappa shape index (κ1) is 9.51. The first-order valence-electron chi connectivity index (χ1n) is 4.11. The highest BCUT2D eigenvalue weighted by Gasteiger charge is 2.07. The summed E-state index contributed by atoms with van der Waals surface area (Å²) in [4.78, 5) is 11.2. The van der Waals surface area contributed by atoms with Crippen molar-refractivity contribution < 1.29 is 4.79 Å². The molecule has 0 aliphatic carbocycles. The minimum atomic E-state index is -0.179. The largest absolute Gasteiger partial charge is 0.329 e. The van der Waals surface area contributed by atoms with Crippen LogP contribution >= 0.6 is 0 Å². The number of hydrogen-bond donors (Lipinski definition) is 1. The van der Waals surface area contributed by atoms with Gasteiger partial charge in [-0.3, -0.25) is 9.48 Å². The van der Waals surface area contributed by atoms with Gasteiger partial charge in [-0.05, 0) is 20.0 Å². The van der Waals surface area contributed by atoms with Crippen molar-refractivity contribution in [1.29, 1.82) is 0 Å².